The van der Waals surface area contributed by atoms with Crippen molar-refractivity contribution in [3.63, 3.8) is 0 Å². The van der Waals surface area contributed by atoms with E-state index < -0.39 is 0 Å². The van der Waals surface area contributed by atoms with E-state index in [1.807, 2.05) is 0 Å². The molecule has 0 aromatic carbocycles. The maximum atomic E-state index is 6.04. The molecule has 6 heteroatoms. The summed E-state index contributed by atoms with van der Waals surface area (Å²) < 4.78 is 5.27. The largest absolute Gasteiger partial charge is 0.336 e. The first-order chi connectivity index (χ1) is 8.56. The molecule has 1 atom stereocenters. The Bertz CT molecular complexity index is 370. The molecule has 1 saturated heterocycles. The second-order valence-electron chi connectivity index (χ2n) is 5.46. The predicted octanol–water partition coefficient (Wildman–Crippen LogP) is 0.867. The topological polar surface area (TPSA) is 71.4 Å². The van der Waals surface area contributed by atoms with E-state index in [0.717, 1.165) is 32.6 Å². The van der Waals surface area contributed by atoms with Crippen LogP contribution < -0.4 is 10.6 Å². The van der Waals surface area contributed by atoms with Crippen molar-refractivity contribution in [3.05, 3.63) is 5.89 Å². The molecule has 0 unspecified atom stereocenters. The number of piperazine rings is 1. The Kier molecular flexibility index (Phi) is 4.19. The van der Waals surface area contributed by atoms with Crippen molar-refractivity contribution in [1.29, 1.82) is 0 Å². The Balaban J connectivity index is 1.97. The van der Waals surface area contributed by atoms with Crippen LogP contribution in [0.4, 0.5) is 5.95 Å². The molecule has 102 valence electrons. The van der Waals surface area contributed by atoms with Gasteiger partial charge in [-0.05, 0) is 24.5 Å². The quantitative estimate of drug-likeness (QED) is 0.858. The minimum Gasteiger partial charge on any atom is -0.336 e. The molecular weight excluding hydrogens is 230 g/mol. The molecule has 1 fully saturated rings. The first kappa shape index (κ1) is 13.3. The summed E-state index contributed by atoms with van der Waals surface area (Å²) in [4.78, 5) is 8.86. The van der Waals surface area contributed by atoms with Crippen LogP contribution in [-0.2, 0) is 0 Å². The molecule has 0 radical (unpaired) electrons. The zero-order valence-electron chi connectivity index (χ0n) is 11.5. The smallest absolute Gasteiger partial charge is 0.266 e. The fourth-order valence-corrected chi connectivity index (χ4v) is 2.12. The molecule has 18 heavy (non-hydrogen) atoms. The molecule has 1 aromatic heterocycles. The monoisotopic (exact) mass is 253 g/mol. The number of likely N-dealkylation sites (N-methyl/N-ethyl adjacent to an activating group) is 1. The van der Waals surface area contributed by atoms with Gasteiger partial charge in [0, 0.05) is 26.2 Å². The Morgan fingerprint density at radius 2 is 1.94 bits per heavy atom. The van der Waals surface area contributed by atoms with Crippen molar-refractivity contribution in [2.75, 3.05) is 38.1 Å². The van der Waals surface area contributed by atoms with Crippen LogP contribution in [0.2, 0.25) is 0 Å². The van der Waals surface area contributed by atoms with Crippen LogP contribution in [0.3, 0.4) is 0 Å². The second kappa shape index (κ2) is 5.67. The summed E-state index contributed by atoms with van der Waals surface area (Å²) in [6.07, 6.45) is 0.865. The molecular formula is C12H23N5O. The number of nitrogens with two attached hydrogens (primary N) is 1. The van der Waals surface area contributed by atoms with Crippen molar-refractivity contribution < 1.29 is 4.52 Å². The van der Waals surface area contributed by atoms with E-state index in [1.54, 1.807) is 0 Å². The lowest BCUT2D eigenvalue weighted by molar-refractivity contribution is 0.307. The fourth-order valence-electron chi connectivity index (χ4n) is 2.12. The first-order valence-corrected chi connectivity index (χ1v) is 6.59. The minimum absolute atomic E-state index is 0.154. The molecule has 6 nitrogen and oxygen atoms in total. The second-order valence-corrected chi connectivity index (χ2v) is 5.46. The van der Waals surface area contributed by atoms with Gasteiger partial charge in [-0.15, -0.1) is 0 Å². The summed E-state index contributed by atoms with van der Waals surface area (Å²) >= 11 is 0. The van der Waals surface area contributed by atoms with E-state index in [1.165, 1.54) is 0 Å². The minimum atomic E-state index is -0.154. The van der Waals surface area contributed by atoms with Gasteiger partial charge in [-0.2, -0.15) is 4.98 Å². The third-order valence-corrected chi connectivity index (χ3v) is 3.26. The third kappa shape index (κ3) is 3.20. The summed E-state index contributed by atoms with van der Waals surface area (Å²) in [5.74, 6) is 1.76. The van der Waals surface area contributed by atoms with Gasteiger partial charge >= 0.3 is 0 Å². The Morgan fingerprint density at radius 1 is 1.28 bits per heavy atom. The lowest BCUT2D eigenvalue weighted by Crippen LogP contribution is -2.44. The summed E-state index contributed by atoms with van der Waals surface area (Å²) in [5.41, 5.74) is 6.04. The average Bonchev–Trinajstić information content (AvgIpc) is 2.78. The molecule has 1 aliphatic heterocycles. The molecule has 1 aliphatic rings. The highest BCUT2D eigenvalue weighted by atomic mass is 16.5. The van der Waals surface area contributed by atoms with Crippen LogP contribution in [0.1, 0.15) is 32.2 Å². The van der Waals surface area contributed by atoms with Gasteiger partial charge in [0.05, 0.1) is 6.04 Å². The standard InChI is InChI=1S/C12H23N5O/c1-9(2)8-10(13)11-14-12(15-18-11)17-6-4-16(3)5-7-17/h9-10H,4-8,13H2,1-3H3/t10-/m1/s1. The Labute approximate surface area is 108 Å². The predicted molar refractivity (Wildman–Crippen MR) is 70.4 cm³/mol. The maximum absolute atomic E-state index is 6.04. The van der Waals surface area contributed by atoms with Crippen LogP contribution in [-0.4, -0.2) is 48.3 Å². The highest BCUT2D eigenvalue weighted by Gasteiger charge is 2.21. The van der Waals surface area contributed by atoms with Crippen LogP contribution >= 0.6 is 0 Å². The number of hydrogen-bond donors (Lipinski definition) is 1. The zero-order valence-corrected chi connectivity index (χ0v) is 11.5. The van der Waals surface area contributed by atoms with Gasteiger partial charge in [-0.1, -0.05) is 13.8 Å². The summed E-state index contributed by atoms with van der Waals surface area (Å²) in [6, 6.07) is -0.154. The van der Waals surface area contributed by atoms with Crippen LogP contribution in [0.25, 0.3) is 0 Å². The van der Waals surface area contributed by atoms with Gasteiger partial charge in [-0.25, -0.2) is 0 Å². The molecule has 2 heterocycles. The summed E-state index contributed by atoms with van der Waals surface area (Å²) in [5, 5.41) is 4.03. The van der Waals surface area contributed by atoms with Crippen molar-refractivity contribution in [3.8, 4) is 0 Å². The van der Waals surface area contributed by atoms with Crippen molar-refractivity contribution in [2.45, 2.75) is 26.3 Å². The van der Waals surface area contributed by atoms with Crippen LogP contribution in [0.5, 0.6) is 0 Å². The van der Waals surface area contributed by atoms with E-state index in [0.29, 0.717) is 17.8 Å². The van der Waals surface area contributed by atoms with Gasteiger partial charge in [0.25, 0.3) is 5.95 Å². The van der Waals surface area contributed by atoms with Gasteiger partial charge in [-0.3, -0.25) is 0 Å². The zero-order chi connectivity index (χ0) is 13.1. The van der Waals surface area contributed by atoms with E-state index >= 15 is 0 Å². The molecule has 2 N–H and O–H groups in total. The molecule has 0 spiro atoms. The van der Waals surface area contributed by atoms with Gasteiger partial charge in [0.2, 0.25) is 5.89 Å². The van der Waals surface area contributed by atoms with Gasteiger partial charge < -0.3 is 20.1 Å². The number of anilines is 1. The normalized spacial score (nSPS) is 19.5. The molecule has 0 amide bonds. The number of hydrogen-bond acceptors (Lipinski definition) is 6. The first-order valence-electron chi connectivity index (χ1n) is 6.59. The maximum Gasteiger partial charge on any atom is 0.266 e. The highest BCUT2D eigenvalue weighted by Crippen LogP contribution is 2.20. The van der Waals surface area contributed by atoms with Crippen molar-refractivity contribution in [2.24, 2.45) is 11.7 Å². The van der Waals surface area contributed by atoms with E-state index in [9.17, 15) is 0 Å². The Morgan fingerprint density at radius 3 is 2.56 bits per heavy atom. The third-order valence-electron chi connectivity index (χ3n) is 3.26. The lowest BCUT2D eigenvalue weighted by Gasteiger charge is -2.31. The Hall–Kier alpha value is -1.14. The van der Waals surface area contributed by atoms with E-state index in [4.69, 9.17) is 10.3 Å². The van der Waals surface area contributed by atoms with Crippen molar-refractivity contribution >= 4 is 5.95 Å². The molecule has 0 bridgehead atoms. The molecule has 2 rings (SSSR count). The summed E-state index contributed by atoms with van der Waals surface area (Å²) in [6.45, 7) is 8.21. The number of rotatable bonds is 4. The summed E-state index contributed by atoms with van der Waals surface area (Å²) in [7, 11) is 2.12. The number of aromatic nitrogens is 2. The van der Waals surface area contributed by atoms with Crippen LogP contribution in [0.15, 0.2) is 4.52 Å². The molecule has 0 saturated carbocycles. The SMILES string of the molecule is CC(C)C[C@@H](N)c1nc(N2CCN(C)CC2)no1. The number of nitrogens with zero attached hydrogens (tertiary/aromatic N) is 4. The van der Waals surface area contributed by atoms with Crippen LogP contribution in [0, 0.1) is 5.92 Å². The van der Waals surface area contributed by atoms with E-state index in [2.05, 4.69) is 40.8 Å². The van der Waals surface area contributed by atoms with Gasteiger partial charge in [0.1, 0.15) is 0 Å². The molecule has 0 aliphatic carbocycles. The van der Waals surface area contributed by atoms with E-state index in [-0.39, 0.29) is 6.04 Å². The lowest BCUT2D eigenvalue weighted by atomic mass is 10.0. The highest BCUT2D eigenvalue weighted by molar-refractivity contribution is 5.28. The average molecular weight is 253 g/mol. The fraction of sp³-hybridized carbons (Fsp3) is 0.833. The van der Waals surface area contributed by atoms with Crippen molar-refractivity contribution in [1.82, 2.24) is 15.0 Å². The molecule has 1 aromatic rings. The van der Waals surface area contributed by atoms with Gasteiger partial charge in [0.15, 0.2) is 0 Å².